The molecule has 0 aliphatic carbocycles. The maximum Gasteiger partial charge on any atom is 0.314 e. The SMILES string of the molecule is C=CCCC[C@@H](O[Si](C)(C)C)C(C)(C)C(=O)OCC. The van der Waals surface area contributed by atoms with Crippen LogP contribution in [-0.2, 0) is 14.0 Å². The Bertz CT molecular complexity index is 292. The normalized spacial score (nSPS) is 14.0. The average molecular weight is 286 g/mol. The Morgan fingerprint density at radius 3 is 2.37 bits per heavy atom. The second-order valence-electron chi connectivity index (χ2n) is 6.38. The number of unbranched alkanes of at least 4 members (excludes halogenated alkanes) is 1. The van der Waals surface area contributed by atoms with E-state index in [0.29, 0.717) is 6.61 Å². The van der Waals surface area contributed by atoms with E-state index in [-0.39, 0.29) is 12.1 Å². The average Bonchev–Trinajstić information content (AvgIpc) is 2.26. The molecular weight excluding hydrogens is 256 g/mol. The summed E-state index contributed by atoms with van der Waals surface area (Å²) in [6.07, 6.45) is 4.62. The maximum absolute atomic E-state index is 12.1. The van der Waals surface area contributed by atoms with Crippen molar-refractivity contribution in [2.24, 2.45) is 5.41 Å². The van der Waals surface area contributed by atoms with Crippen molar-refractivity contribution in [1.29, 1.82) is 0 Å². The fourth-order valence-electron chi connectivity index (χ4n) is 1.89. The Balaban J connectivity index is 4.87. The van der Waals surface area contributed by atoms with Gasteiger partial charge in [-0.15, -0.1) is 6.58 Å². The molecule has 0 saturated heterocycles. The van der Waals surface area contributed by atoms with Crippen LogP contribution in [0.15, 0.2) is 12.7 Å². The van der Waals surface area contributed by atoms with Gasteiger partial charge in [-0.3, -0.25) is 4.79 Å². The molecule has 19 heavy (non-hydrogen) atoms. The summed E-state index contributed by atoms with van der Waals surface area (Å²) in [5.41, 5.74) is -0.600. The first kappa shape index (κ1) is 18.4. The molecule has 0 unspecified atom stereocenters. The Morgan fingerprint density at radius 1 is 1.37 bits per heavy atom. The van der Waals surface area contributed by atoms with Crippen LogP contribution in [0.25, 0.3) is 0 Å². The Hall–Kier alpha value is -0.613. The quantitative estimate of drug-likeness (QED) is 0.276. The van der Waals surface area contributed by atoms with E-state index in [4.69, 9.17) is 9.16 Å². The van der Waals surface area contributed by atoms with Crippen LogP contribution in [-0.4, -0.2) is 27.0 Å². The molecule has 0 aromatic rings. The van der Waals surface area contributed by atoms with Crippen LogP contribution in [0.4, 0.5) is 0 Å². The van der Waals surface area contributed by atoms with Gasteiger partial charge in [0.1, 0.15) is 0 Å². The van der Waals surface area contributed by atoms with Crippen molar-refractivity contribution >= 4 is 14.3 Å². The second-order valence-corrected chi connectivity index (χ2v) is 10.8. The lowest BCUT2D eigenvalue weighted by atomic mass is 9.84. The largest absolute Gasteiger partial charge is 0.466 e. The molecule has 0 fully saturated rings. The van der Waals surface area contributed by atoms with Gasteiger partial charge in [-0.05, 0) is 59.7 Å². The standard InChI is InChI=1S/C15H30O3Si/c1-8-10-11-12-13(18-19(5,6)7)15(3,4)14(16)17-9-2/h8,13H,1,9-12H2,2-7H3/t13-/m1/s1. The molecule has 0 heterocycles. The fraction of sp³-hybridized carbons (Fsp3) is 0.800. The predicted molar refractivity (Wildman–Crippen MR) is 82.7 cm³/mol. The van der Waals surface area contributed by atoms with E-state index < -0.39 is 13.7 Å². The van der Waals surface area contributed by atoms with Gasteiger partial charge in [0.2, 0.25) is 0 Å². The third kappa shape index (κ3) is 6.92. The first-order chi connectivity index (χ1) is 8.65. The van der Waals surface area contributed by atoms with Crippen LogP contribution in [0.2, 0.25) is 19.6 Å². The monoisotopic (exact) mass is 286 g/mol. The van der Waals surface area contributed by atoms with E-state index >= 15 is 0 Å². The molecule has 0 spiro atoms. The van der Waals surface area contributed by atoms with Crippen LogP contribution < -0.4 is 0 Å². The maximum atomic E-state index is 12.1. The van der Waals surface area contributed by atoms with E-state index in [1.807, 2.05) is 26.8 Å². The molecule has 0 aliphatic rings. The van der Waals surface area contributed by atoms with Gasteiger partial charge in [0.15, 0.2) is 8.32 Å². The van der Waals surface area contributed by atoms with E-state index in [0.717, 1.165) is 19.3 Å². The van der Waals surface area contributed by atoms with Crippen molar-refractivity contribution < 1.29 is 14.0 Å². The summed E-state index contributed by atoms with van der Waals surface area (Å²) < 4.78 is 11.4. The van der Waals surface area contributed by atoms with Crippen molar-refractivity contribution in [1.82, 2.24) is 0 Å². The molecule has 0 rings (SSSR count). The minimum atomic E-state index is -1.69. The van der Waals surface area contributed by atoms with E-state index in [1.165, 1.54) is 0 Å². The van der Waals surface area contributed by atoms with Gasteiger partial charge in [-0.25, -0.2) is 0 Å². The zero-order valence-corrected chi connectivity index (χ0v) is 14.4. The molecule has 0 radical (unpaired) electrons. The highest BCUT2D eigenvalue weighted by atomic mass is 28.4. The number of carbonyl (C=O) groups excluding carboxylic acids is 1. The van der Waals surface area contributed by atoms with Gasteiger partial charge in [0.05, 0.1) is 18.1 Å². The van der Waals surface area contributed by atoms with E-state index in [2.05, 4.69) is 26.2 Å². The summed E-state index contributed by atoms with van der Waals surface area (Å²) in [6, 6.07) is 0. The summed E-state index contributed by atoms with van der Waals surface area (Å²) in [5, 5.41) is 0. The Kier molecular flexibility index (Phi) is 7.60. The number of carbonyl (C=O) groups is 1. The minimum absolute atomic E-state index is 0.0850. The van der Waals surface area contributed by atoms with Gasteiger partial charge >= 0.3 is 5.97 Å². The van der Waals surface area contributed by atoms with Gasteiger partial charge in [0, 0.05) is 0 Å². The molecule has 112 valence electrons. The highest BCUT2D eigenvalue weighted by Gasteiger charge is 2.40. The van der Waals surface area contributed by atoms with E-state index in [1.54, 1.807) is 0 Å². The molecule has 0 aromatic carbocycles. The lowest BCUT2D eigenvalue weighted by Gasteiger charge is -2.36. The fourth-order valence-corrected chi connectivity index (χ4v) is 3.16. The molecular formula is C15H30O3Si. The smallest absolute Gasteiger partial charge is 0.314 e. The van der Waals surface area contributed by atoms with Crippen molar-refractivity contribution in [3.8, 4) is 0 Å². The third-order valence-electron chi connectivity index (χ3n) is 2.98. The minimum Gasteiger partial charge on any atom is -0.466 e. The number of allylic oxidation sites excluding steroid dienone is 1. The zero-order chi connectivity index (χ0) is 15.1. The number of hydrogen-bond acceptors (Lipinski definition) is 3. The predicted octanol–water partition coefficient (Wildman–Crippen LogP) is 4.15. The van der Waals surface area contributed by atoms with Crippen molar-refractivity contribution in [3.63, 3.8) is 0 Å². The Labute approximate surface area is 119 Å². The van der Waals surface area contributed by atoms with Crippen molar-refractivity contribution in [2.75, 3.05) is 6.61 Å². The molecule has 1 atom stereocenters. The summed E-state index contributed by atoms with van der Waals surface area (Å²) in [5.74, 6) is -0.170. The molecule has 0 N–H and O–H groups in total. The molecule has 3 nitrogen and oxygen atoms in total. The van der Waals surface area contributed by atoms with Crippen molar-refractivity contribution in [2.45, 2.75) is 65.8 Å². The van der Waals surface area contributed by atoms with Gasteiger partial charge < -0.3 is 9.16 Å². The summed E-state index contributed by atoms with van der Waals surface area (Å²) in [6.45, 7) is 16.3. The van der Waals surface area contributed by atoms with E-state index in [9.17, 15) is 4.79 Å². The van der Waals surface area contributed by atoms with Crippen LogP contribution in [0, 0.1) is 5.41 Å². The third-order valence-corrected chi connectivity index (χ3v) is 3.97. The van der Waals surface area contributed by atoms with Gasteiger partial charge in [0.25, 0.3) is 0 Å². The Morgan fingerprint density at radius 2 is 1.95 bits per heavy atom. The molecule has 0 aliphatic heterocycles. The van der Waals surface area contributed by atoms with Crippen molar-refractivity contribution in [3.05, 3.63) is 12.7 Å². The number of rotatable bonds is 9. The van der Waals surface area contributed by atoms with Crippen LogP contribution >= 0.6 is 0 Å². The highest BCUT2D eigenvalue weighted by Crippen LogP contribution is 2.31. The molecule has 0 amide bonds. The topological polar surface area (TPSA) is 35.5 Å². The summed E-state index contributed by atoms with van der Waals surface area (Å²) >= 11 is 0. The first-order valence-electron chi connectivity index (χ1n) is 7.11. The molecule has 0 bridgehead atoms. The lowest BCUT2D eigenvalue weighted by molar-refractivity contribution is -0.159. The zero-order valence-electron chi connectivity index (χ0n) is 13.4. The molecule has 0 saturated carbocycles. The van der Waals surface area contributed by atoms with Crippen LogP contribution in [0.1, 0.15) is 40.0 Å². The number of ether oxygens (including phenoxy) is 1. The number of esters is 1. The van der Waals surface area contributed by atoms with Crippen LogP contribution in [0.5, 0.6) is 0 Å². The lowest BCUT2D eigenvalue weighted by Crippen LogP contribution is -2.45. The van der Waals surface area contributed by atoms with Gasteiger partial charge in [-0.2, -0.15) is 0 Å². The highest BCUT2D eigenvalue weighted by molar-refractivity contribution is 6.69. The van der Waals surface area contributed by atoms with Gasteiger partial charge in [-0.1, -0.05) is 6.08 Å². The molecule has 0 aromatic heterocycles. The summed E-state index contributed by atoms with van der Waals surface area (Å²) in [4.78, 5) is 12.1. The second kappa shape index (κ2) is 7.85. The summed E-state index contributed by atoms with van der Waals surface area (Å²) in [7, 11) is -1.69. The number of hydrogen-bond donors (Lipinski definition) is 0. The molecule has 4 heteroatoms. The van der Waals surface area contributed by atoms with Crippen LogP contribution in [0.3, 0.4) is 0 Å². The first-order valence-corrected chi connectivity index (χ1v) is 10.5.